The molecule has 1 saturated heterocycles. The smallest absolute Gasteiger partial charge is 0.269 e. The number of hydrogen-bond acceptors (Lipinski definition) is 9. The first-order valence-corrected chi connectivity index (χ1v) is 12.1. The summed E-state index contributed by atoms with van der Waals surface area (Å²) in [7, 11) is 1.67. The van der Waals surface area contributed by atoms with E-state index in [9.17, 15) is 10.1 Å². The zero-order valence-corrected chi connectivity index (χ0v) is 20.1. The molecule has 35 heavy (non-hydrogen) atoms. The van der Waals surface area contributed by atoms with Crippen molar-refractivity contribution in [2.24, 2.45) is 0 Å². The van der Waals surface area contributed by atoms with E-state index in [-0.39, 0.29) is 5.69 Å². The maximum Gasteiger partial charge on any atom is 0.269 e. The number of nitrogens with zero attached hydrogens (tertiary/aromatic N) is 7. The molecule has 1 aliphatic heterocycles. The van der Waals surface area contributed by atoms with Gasteiger partial charge in [0.2, 0.25) is 0 Å². The molecule has 0 spiro atoms. The molecule has 0 unspecified atom stereocenters. The van der Waals surface area contributed by atoms with E-state index in [4.69, 9.17) is 9.72 Å². The Balaban J connectivity index is 1.12. The Morgan fingerprint density at radius 2 is 1.69 bits per heavy atom. The zero-order valence-electron chi connectivity index (χ0n) is 19.3. The number of non-ortho nitro benzene ring substituents is 1. The predicted molar refractivity (Wildman–Crippen MR) is 133 cm³/mol. The van der Waals surface area contributed by atoms with Gasteiger partial charge in [-0.2, -0.15) is 0 Å². The number of rotatable bonds is 8. The molecule has 0 radical (unpaired) electrons. The molecule has 0 saturated carbocycles. The van der Waals surface area contributed by atoms with Gasteiger partial charge >= 0.3 is 0 Å². The molecule has 2 aromatic carbocycles. The number of thiazole rings is 1. The lowest BCUT2D eigenvalue weighted by Crippen LogP contribution is -2.46. The molecule has 1 aliphatic rings. The van der Waals surface area contributed by atoms with Gasteiger partial charge in [-0.15, -0.1) is 16.4 Å². The van der Waals surface area contributed by atoms with Crippen LogP contribution in [0.5, 0.6) is 5.75 Å². The van der Waals surface area contributed by atoms with Gasteiger partial charge in [-0.05, 0) is 36.4 Å². The van der Waals surface area contributed by atoms with Crippen molar-refractivity contribution in [1.29, 1.82) is 0 Å². The molecule has 10 nitrogen and oxygen atoms in total. The Morgan fingerprint density at radius 1 is 1.00 bits per heavy atom. The summed E-state index contributed by atoms with van der Waals surface area (Å²) < 4.78 is 7.05. The van der Waals surface area contributed by atoms with Crippen LogP contribution >= 0.6 is 11.3 Å². The highest BCUT2D eigenvalue weighted by Gasteiger charge is 2.19. The first kappa shape index (κ1) is 23.1. The summed E-state index contributed by atoms with van der Waals surface area (Å²) in [4.78, 5) is 24.4. The molecule has 0 amide bonds. The van der Waals surface area contributed by atoms with E-state index >= 15 is 0 Å². The monoisotopic (exact) mass is 491 g/mol. The van der Waals surface area contributed by atoms with Crippen LogP contribution in [-0.2, 0) is 13.2 Å². The van der Waals surface area contributed by atoms with Crippen molar-refractivity contribution in [3.8, 4) is 27.7 Å². The highest BCUT2D eigenvalue weighted by molar-refractivity contribution is 7.13. The molecule has 2 aromatic heterocycles. The van der Waals surface area contributed by atoms with Crippen LogP contribution in [-0.4, -0.2) is 67.8 Å². The summed E-state index contributed by atoms with van der Waals surface area (Å²) in [6, 6.07) is 14.3. The molecule has 0 bridgehead atoms. The minimum atomic E-state index is -0.413. The molecule has 0 aliphatic carbocycles. The zero-order chi connectivity index (χ0) is 24.2. The van der Waals surface area contributed by atoms with E-state index in [1.165, 1.54) is 12.1 Å². The summed E-state index contributed by atoms with van der Waals surface area (Å²) in [6.45, 7) is 5.28. The largest absolute Gasteiger partial charge is 0.497 e. The summed E-state index contributed by atoms with van der Waals surface area (Å²) in [5.41, 5.74) is 3.02. The van der Waals surface area contributed by atoms with Crippen molar-refractivity contribution in [2.75, 3.05) is 33.3 Å². The van der Waals surface area contributed by atoms with Gasteiger partial charge in [0.15, 0.2) is 5.82 Å². The van der Waals surface area contributed by atoms with Crippen LogP contribution in [0.25, 0.3) is 22.0 Å². The maximum absolute atomic E-state index is 10.8. The van der Waals surface area contributed by atoms with Gasteiger partial charge in [0.25, 0.3) is 5.69 Å². The molecular weight excluding hydrogens is 466 g/mol. The van der Waals surface area contributed by atoms with E-state index in [2.05, 4.69) is 25.3 Å². The standard InChI is InChI=1S/C24H25N7O3S/c1-34-22-8-4-19(5-9-22)24-26-20(15-35-24)14-28-10-12-29(13-11-28)17-30-16-25-23(27-30)18-2-6-21(7-3-18)31(32)33/h2-9,15-16H,10-14,17H2,1H3. The number of methoxy groups -OCH3 is 1. The summed E-state index contributed by atoms with van der Waals surface area (Å²) in [6.07, 6.45) is 1.71. The minimum absolute atomic E-state index is 0.0562. The van der Waals surface area contributed by atoms with Crippen molar-refractivity contribution in [3.05, 3.63) is 76.0 Å². The quantitative estimate of drug-likeness (QED) is 0.271. The van der Waals surface area contributed by atoms with Gasteiger partial charge < -0.3 is 4.74 Å². The van der Waals surface area contributed by atoms with Crippen LogP contribution in [0.15, 0.2) is 60.2 Å². The minimum Gasteiger partial charge on any atom is -0.497 e. The lowest BCUT2D eigenvalue weighted by atomic mass is 10.2. The van der Waals surface area contributed by atoms with Crippen LogP contribution in [0, 0.1) is 10.1 Å². The maximum atomic E-state index is 10.8. The molecule has 0 N–H and O–H groups in total. The van der Waals surface area contributed by atoms with Gasteiger partial charge in [-0.25, -0.2) is 14.6 Å². The average Bonchev–Trinajstić information content (AvgIpc) is 3.55. The molecule has 1 fully saturated rings. The topological polar surface area (TPSA) is 102 Å². The second kappa shape index (κ2) is 10.3. The summed E-state index contributed by atoms with van der Waals surface area (Å²) in [5, 5.41) is 18.5. The molecule has 3 heterocycles. The van der Waals surface area contributed by atoms with Crippen molar-refractivity contribution in [3.63, 3.8) is 0 Å². The fourth-order valence-electron chi connectivity index (χ4n) is 4.00. The van der Waals surface area contributed by atoms with Crippen molar-refractivity contribution in [2.45, 2.75) is 13.2 Å². The lowest BCUT2D eigenvalue weighted by Gasteiger charge is -2.34. The second-order valence-electron chi connectivity index (χ2n) is 8.32. The van der Waals surface area contributed by atoms with Crippen LogP contribution in [0.1, 0.15) is 5.69 Å². The average molecular weight is 492 g/mol. The number of benzene rings is 2. The van der Waals surface area contributed by atoms with Crippen LogP contribution in [0.4, 0.5) is 5.69 Å². The first-order valence-electron chi connectivity index (χ1n) is 11.3. The lowest BCUT2D eigenvalue weighted by molar-refractivity contribution is -0.384. The third kappa shape index (κ3) is 5.53. The van der Waals surface area contributed by atoms with Crippen molar-refractivity contribution < 1.29 is 9.66 Å². The third-order valence-corrected chi connectivity index (χ3v) is 6.90. The molecular formula is C24H25N7O3S. The Hall–Kier alpha value is -3.67. The van der Waals surface area contributed by atoms with E-state index in [0.717, 1.165) is 60.3 Å². The molecule has 5 rings (SSSR count). The van der Waals surface area contributed by atoms with Gasteiger partial charge in [0.05, 0.1) is 24.4 Å². The van der Waals surface area contributed by atoms with Crippen LogP contribution in [0.3, 0.4) is 0 Å². The summed E-state index contributed by atoms with van der Waals surface area (Å²) in [5.74, 6) is 1.41. The number of nitro groups is 1. The van der Waals surface area contributed by atoms with E-state index < -0.39 is 4.92 Å². The second-order valence-corrected chi connectivity index (χ2v) is 9.18. The van der Waals surface area contributed by atoms with Gasteiger partial charge in [0.1, 0.15) is 17.1 Å². The van der Waals surface area contributed by atoms with Gasteiger partial charge in [-0.1, -0.05) is 0 Å². The van der Waals surface area contributed by atoms with E-state index in [1.807, 2.05) is 28.9 Å². The first-order chi connectivity index (χ1) is 17.1. The third-order valence-electron chi connectivity index (χ3n) is 5.96. The van der Waals surface area contributed by atoms with Gasteiger partial charge in [0, 0.05) is 61.4 Å². The molecule has 0 atom stereocenters. The SMILES string of the molecule is COc1ccc(-c2nc(CN3CCN(Cn4cnc(-c5ccc([N+](=O)[O-])cc5)n4)CC3)cs2)cc1. The fraction of sp³-hybridized carbons (Fsp3) is 0.292. The highest BCUT2D eigenvalue weighted by Crippen LogP contribution is 2.26. The fourth-order valence-corrected chi connectivity index (χ4v) is 4.81. The Labute approximate surface area is 206 Å². The Morgan fingerprint density at radius 3 is 2.37 bits per heavy atom. The van der Waals surface area contributed by atoms with Crippen LogP contribution < -0.4 is 4.74 Å². The number of ether oxygens (including phenoxy) is 1. The Kier molecular flexibility index (Phi) is 6.80. The Bertz CT molecular complexity index is 1280. The number of piperazine rings is 1. The van der Waals surface area contributed by atoms with Crippen LogP contribution in [0.2, 0.25) is 0 Å². The van der Waals surface area contributed by atoms with Crippen molar-refractivity contribution in [1.82, 2.24) is 29.5 Å². The molecule has 180 valence electrons. The number of nitro benzene ring substituents is 1. The normalized spacial score (nSPS) is 14.8. The predicted octanol–water partition coefficient (Wildman–Crippen LogP) is 3.76. The number of hydrogen-bond donors (Lipinski definition) is 0. The van der Waals surface area contributed by atoms with E-state index in [1.54, 1.807) is 36.9 Å². The van der Waals surface area contributed by atoms with Gasteiger partial charge in [-0.3, -0.25) is 19.9 Å². The van der Waals surface area contributed by atoms with Crippen molar-refractivity contribution >= 4 is 17.0 Å². The van der Waals surface area contributed by atoms with E-state index in [0.29, 0.717) is 12.5 Å². The highest BCUT2D eigenvalue weighted by atomic mass is 32.1. The molecule has 11 heteroatoms. The molecule has 4 aromatic rings. The summed E-state index contributed by atoms with van der Waals surface area (Å²) >= 11 is 1.67. The number of aromatic nitrogens is 4.